The molecule has 1 N–H and O–H groups in total. The third kappa shape index (κ3) is 4.93. The predicted octanol–water partition coefficient (Wildman–Crippen LogP) is 4.44. The first-order valence-electron chi connectivity index (χ1n) is 10.1. The first kappa shape index (κ1) is 19.9. The number of carbonyl (C=O) groups excluding carboxylic acids is 1. The SMILES string of the molecule is CN(C)CCn1cc2ccc(NC(=O)c3ccc(Cc4ccccc4)cc3)cc2n1. The Morgan fingerprint density at radius 1 is 0.967 bits per heavy atom. The highest BCUT2D eigenvalue weighted by atomic mass is 16.1. The zero-order valence-corrected chi connectivity index (χ0v) is 17.4. The van der Waals surface area contributed by atoms with Crippen LogP contribution >= 0.6 is 0 Å². The van der Waals surface area contributed by atoms with Crippen LogP contribution in [0.15, 0.2) is 79.0 Å². The van der Waals surface area contributed by atoms with Gasteiger partial charge in [0.05, 0.1) is 12.1 Å². The van der Waals surface area contributed by atoms with Crippen LogP contribution in [0.5, 0.6) is 0 Å². The van der Waals surface area contributed by atoms with E-state index in [4.69, 9.17) is 0 Å². The molecule has 0 aliphatic carbocycles. The molecule has 0 saturated carbocycles. The topological polar surface area (TPSA) is 50.2 Å². The highest BCUT2D eigenvalue weighted by Crippen LogP contribution is 2.19. The largest absolute Gasteiger partial charge is 0.322 e. The Labute approximate surface area is 176 Å². The van der Waals surface area contributed by atoms with Gasteiger partial charge >= 0.3 is 0 Å². The molecule has 0 unspecified atom stereocenters. The third-order valence-corrected chi connectivity index (χ3v) is 5.06. The molecular formula is C25H26N4O. The van der Waals surface area contributed by atoms with Gasteiger partial charge in [0.2, 0.25) is 0 Å². The minimum absolute atomic E-state index is 0.118. The second kappa shape index (κ2) is 8.93. The number of fused-ring (bicyclic) bond motifs is 1. The minimum atomic E-state index is -0.118. The quantitative estimate of drug-likeness (QED) is 0.501. The van der Waals surface area contributed by atoms with Crippen molar-refractivity contribution in [2.24, 2.45) is 0 Å². The molecule has 0 aliphatic rings. The van der Waals surface area contributed by atoms with Gasteiger partial charge in [0, 0.05) is 29.4 Å². The van der Waals surface area contributed by atoms with E-state index in [1.807, 2.05) is 85.6 Å². The second-order valence-corrected chi connectivity index (χ2v) is 7.78. The predicted molar refractivity (Wildman–Crippen MR) is 122 cm³/mol. The lowest BCUT2D eigenvalue weighted by Gasteiger charge is -2.08. The Balaban J connectivity index is 1.42. The molecule has 1 heterocycles. The fourth-order valence-electron chi connectivity index (χ4n) is 3.37. The number of benzene rings is 3. The van der Waals surface area contributed by atoms with Gasteiger partial charge in [-0.2, -0.15) is 5.10 Å². The molecule has 0 spiro atoms. The first-order chi connectivity index (χ1) is 14.6. The third-order valence-electron chi connectivity index (χ3n) is 5.06. The molecule has 0 saturated heterocycles. The van der Waals surface area contributed by atoms with Crippen molar-refractivity contribution in [1.29, 1.82) is 0 Å². The Hall–Kier alpha value is -3.44. The van der Waals surface area contributed by atoms with E-state index in [-0.39, 0.29) is 5.91 Å². The number of likely N-dealkylation sites (N-methyl/N-ethyl adjacent to an activating group) is 1. The van der Waals surface area contributed by atoms with E-state index in [1.54, 1.807) is 0 Å². The van der Waals surface area contributed by atoms with Crippen LogP contribution in [0.4, 0.5) is 5.69 Å². The van der Waals surface area contributed by atoms with Gasteiger partial charge in [0.25, 0.3) is 5.91 Å². The Morgan fingerprint density at radius 2 is 1.70 bits per heavy atom. The smallest absolute Gasteiger partial charge is 0.255 e. The molecule has 0 radical (unpaired) electrons. The van der Waals surface area contributed by atoms with Crippen molar-refractivity contribution >= 4 is 22.5 Å². The minimum Gasteiger partial charge on any atom is -0.322 e. The Morgan fingerprint density at radius 3 is 2.43 bits per heavy atom. The van der Waals surface area contributed by atoms with Gasteiger partial charge in [-0.25, -0.2) is 0 Å². The molecular weight excluding hydrogens is 372 g/mol. The van der Waals surface area contributed by atoms with Crippen molar-refractivity contribution in [3.63, 3.8) is 0 Å². The average molecular weight is 399 g/mol. The van der Waals surface area contributed by atoms with Crippen LogP contribution in [0.2, 0.25) is 0 Å². The molecule has 5 nitrogen and oxygen atoms in total. The molecule has 0 atom stereocenters. The number of hydrogen-bond acceptors (Lipinski definition) is 3. The number of hydrogen-bond donors (Lipinski definition) is 1. The molecule has 1 amide bonds. The molecule has 152 valence electrons. The van der Waals surface area contributed by atoms with E-state index in [2.05, 4.69) is 27.4 Å². The number of aromatic nitrogens is 2. The summed E-state index contributed by atoms with van der Waals surface area (Å²) in [6, 6.07) is 23.9. The first-order valence-corrected chi connectivity index (χ1v) is 10.1. The van der Waals surface area contributed by atoms with Gasteiger partial charge in [-0.05, 0) is 62.0 Å². The molecule has 0 fully saturated rings. The van der Waals surface area contributed by atoms with E-state index in [1.165, 1.54) is 11.1 Å². The normalized spacial score (nSPS) is 11.2. The summed E-state index contributed by atoms with van der Waals surface area (Å²) in [5.74, 6) is -0.118. The van der Waals surface area contributed by atoms with Crippen LogP contribution in [0.1, 0.15) is 21.5 Å². The molecule has 30 heavy (non-hydrogen) atoms. The average Bonchev–Trinajstić information content (AvgIpc) is 3.16. The van der Waals surface area contributed by atoms with Crippen molar-refractivity contribution in [3.8, 4) is 0 Å². The number of rotatable bonds is 7. The number of nitrogens with one attached hydrogen (secondary N) is 1. The highest BCUT2D eigenvalue weighted by molar-refractivity contribution is 6.05. The van der Waals surface area contributed by atoms with Crippen LogP contribution in [0.25, 0.3) is 10.9 Å². The fraction of sp³-hybridized carbons (Fsp3) is 0.200. The monoisotopic (exact) mass is 398 g/mol. The summed E-state index contributed by atoms with van der Waals surface area (Å²) in [5.41, 5.74) is 4.71. The van der Waals surface area contributed by atoms with Crippen molar-refractivity contribution in [3.05, 3.63) is 95.7 Å². The van der Waals surface area contributed by atoms with Crippen molar-refractivity contribution < 1.29 is 4.79 Å². The molecule has 3 aromatic carbocycles. The highest BCUT2D eigenvalue weighted by Gasteiger charge is 2.08. The van der Waals surface area contributed by atoms with Crippen LogP contribution < -0.4 is 5.32 Å². The summed E-state index contributed by atoms with van der Waals surface area (Å²) in [5, 5.41) is 8.66. The van der Waals surface area contributed by atoms with Crippen molar-refractivity contribution in [2.75, 3.05) is 26.0 Å². The zero-order chi connectivity index (χ0) is 20.9. The maximum atomic E-state index is 12.7. The van der Waals surface area contributed by atoms with E-state index in [0.29, 0.717) is 5.56 Å². The van der Waals surface area contributed by atoms with Crippen LogP contribution in [0.3, 0.4) is 0 Å². The fourth-order valence-corrected chi connectivity index (χ4v) is 3.37. The lowest BCUT2D eigenvalue weighted by Crippen LogP contribution is -2.18. The lowest BCUT2D eigenvalue weighted by atomic mass is 10.0. The van der Waals surface area contributed by atoms with Gasteiger partial charge < -0.3 is 10.2 Å². The van der Waals surface area contributed by atoms with Gasteiger partial charge in [0.15, 0.2) is 0 Å². The van der Waals surface area contributed by atoms with Gasteiger partial charge in [-0.3, -0.25) is 9.48 Å². The van der Waals surface area contributed by atoms with Crippen molar-refractivity contribution in [2.45, 2.75) is 13.0 Å². The molecule has 4 aromatic rings. The summed E-state index contributed by atoms with van der Waals surface area (Å²) in [7, 11) is 4.09. The summed E-state index contributed by atoms with van der Waals surface area (Å²) >= 11 is 0. The van der Waals surface area contributed by atoms with E-state index in [0.717, 1.165) is 36.1 Å². The van der Waals surface area contributed by atoms with Gasteiger partial charge in [-0.15, -0.1) is 0 Å². The standard InChI is InChI=1S/C25H26N4O/c1-28(2)14-15-29-18-22-12-13-23(17-24(22)27-29)26-25(30)21-10-8-20(9-11-21)16-19-6-4-3-5-7-19/h3-13,17-18H,14-16H2,1-2H3,(H,26,30). The van der Waals surface area contributed by atoms with E-state index >= 15 is 0 Å². The number of carbonyl (C=O) groups is 1. The zero-order valence-electron chi connectivity index (χ0n) is 17.4. The maximum absolute atomic E-state index is 12.7. The van der Waals surface area contributed by atoms with Gasteiger partial charge in [0.1, 0.15) is 0 Å². The van der Waals surface area contributed by atoms with E-state index in [9.17, 15) is 4.79 Å². The summed E-state index contributed by atoms with van der Waals surface area (Å²) in [6.45, 7) is 1.76. The Bertz CT molecular complexity index is 1130. The molecule has 0 bridgehead atoms. The number of amides is 1. The second-order valence-electron chi connectivity index (χ2n) is 7.78. The maximum Gasteiger partial charge on any atom is 0.255 e. The molecule has 0 aliphatic heterocycles. The Kier molecular flexibility index (Phi) is 5.91. The van der Waals surface area contributed by atoms with E-state index < -0.39 is 0 Å². The van der Waals surface area contributed by atoms with Crippen LogP contribution in [-0.2, 0) is 13.0 Å². The molecule has 1 aromatic heterocycles. The van der Waals surface area contributed by atoms with Crippen molar-refractivity contribution in [1.82, 2.24) is 14.7 Å². The summed E-state index contributed by atoms with van der Waals surface area (Å²) in [6.07, 6.45) is 2.89. The van der Waals surface area contributed by atoms with Gasteiger partial charge in [-0.1, -0.05) is 42.5 Å². The summed E-state index contributed by atoms with van der Waals surface area (Å²) < 4.78 is 1.95. The van der Waals surface area contributed by atoms with Crippen LogP contribution in [-0.4, -0.2) is 41.2 Å². The molecule has 5 heteroatoms. The number of anilines is 1. The van der Waals surface area contributed by atoms with Crippen LogP contribution in [0, 0.1) is 0 Å². The lowest BCUT2D eigenvalue weighted by molar-refractivity contribution is 0.102. The number of nitrogens with zero attached hydrogens (tertiary/aromatic N) is 3. The molecule has 4 rings (SSSR count). The summed E-state index contributed by atoms with van der Waals surface area (Å²) in [4.78, 5) is 14.8.